The van der Waals surface area contributed by atoms with Gasteiger partial charge >= 0.3 is 0 Å². The molecule has 1 aromatic heterocycles. The predicted octanol–water partition coefficient (Wildman–Crippen LogP) is 3.79. The van der Waals surface area contributed by atoms with E-state index >= 15 is 0 Å². The molecule has 2 aromatic carbocycles. The van der Waals surface area contributed by atoms with Gasteiger partial charge in [0.05, 0.1) is 25.7 Å². The van der Waals surface area contributed by atoms with Crippen LogP contribution in [-0.4, -0.2) is 36.0 Å². The van der Waals surface area contributed by atoms with Gasteiger partial charge in [0.25, 0.3) is 5.22 Å². The lowest BCUT2D eigenvalue weighted by Crippen LogP contribution is -2.14. The Morgan fingerprint density at radius 3 is 2.63 bits per heavy atom. The van der Waals surface area contributed by atoms with Crippen LogP contribution in [0.15, 0.2) is 52.2 Å². The number of hydrogen-bond donors (Lipinski definition) is 1. The molecular formula is C19H19N3O4S. The summed E-state index contributed by atoms with van der Waals surface area (Å²) >= 11 is 1.17. The molecule has 0 saturated carbocycles. The van der Waals surface area contributed by atoms with Gasteiger partial charge in [-0.05, 0) is 19.1 Å². The standard InChI is InChI=1S/C19H19N3O4S/c1-12-4-6-13(7-5-12)18-21-19(26-22-18)27-11-17(23)20-15-10-14(24-2)8-9-16(15)25-3/h4-10H,11H2,1-3H3,(H,20,23). The van der Waals surface area contributed by atoms with Crippen LogP contribution < -0.4 is 14.8 Å². The molecule has 8 heteroatoms. The van der Waals surface area contributed by atoms with Crippen molar-refractivity contribution in [2.75, 3.05) is 25.3 Å². The summed E-state index contributed by atoms with van der Waals surface area (Å²) in [7, 11) is 3.10. The fourth-order valence-corrected chi connectivity index (χ4v) is 2.88. The van der Waals surface area contributed by atoms with Gasteiger partial charge in [-0.25, -0.2) is 0 Å². The lowest BCUT2D eigenvalue weighted by Gasteiger charge is -2.11. The fourth-order valence-electron chi connectivity index (χ4n) is 2.31. The van der Waals surface area contributed by atoms with Gasteiger partial charge < -0.3 is 19.3 Å². The van der Waals surface area contributed by atoms with Crippen molar-refractivity contribution in [3.05, 3.63) is 48.0 Å². The molecule has 3 aromatic rings. The number of nitrogens with one attached hydrogen (secondary N) is 1. The van der Waals surface area contributed by atoms with Crippen molar-refractivity contribution in [3.63, 3.8) is 0 Å². The van der Waals surface area contributed by atoms with E-state index in [-0.39, 0.29) is 11.7 Å². The van der Waals surface area contributed by atoms with E-state index < -0.39 is 0 Å². The number of rotatable bonds is 7. The summed E-state index contributed by atoms with van der Waals surface area (Å²) in [5.74, 6) is 1.57. The molecule has 140 valence electrons. The first-order valence-electron chi connectivity index (χ1n) is 8.14. The van der Waals surface area contributed by atoms with Crippen LogP contribution in [0.5, 0.6) is 11.5 Å². The third-order valence-corrected chi connectivity index (χ3v) is 4.54. The first-order chi connectivity index (χ1) is 13.1. The van der Waals surface area contributed by atoms with E-state index in [1.165, 1.54) is 18.9 Å². The molecule has 0 aliphatic carbocycles. The van der Waals surface area contributed by atoms with Crippen LogP contribution in [0.1, 0.15) is 5.56 Å². The molecule has 0 unspecified atom stereocenters. The van der Waals surface area contributed by atoms with Gasteiger partial charge in [0, 0.05) is 11.6 Å². The maximum atomic E-state index is 12.2. The Labute approximate surface area is 161 Å². The van der Waals surface area contributed by atoms with E-state index in [1.54, 1.807) is 25.3 Å². The average molecular weight is 385 g/mol. The van der Waals surface area contributed by atoms with Crippen molar-refractivity contribution < 1.29 is 18.8 Å². The number of nitrogens with zero attached hydrogens (tertiary/aromatic N) is 2. The molecule has 1 heterocycles. The molecule has 0 fully saturated rings. The smallest absolute Gasteiger partial charge is 0.286 e. The Hall–Kier alpha value is -3.00. The number of aryl methyl sites for hydroxylation is 1. The highest BCUT2D eigenvalue weighted by molar-refractivity contribution is 7.99. The lowest BCUT2D eigenvalue weighted by molar-refractivity contribution is -0.113. The minimum Gasteiger partial charge on any atom is -0.497 e. The minimum atomic E-state index is -0.221. The third kappa shape index (κ3) is 4.79. The van der Waals surface area contributed by atoms with Gasteiger partial charge in [0.1, 0.15) is 11.5 Å². The number of thioether (sulfide) groups is 1. The normalized spacial score (nSPS) is 10.5. The molecule has 3 rings (SSSR count). The summed E-state index contributed by atoms with van der Waals surface area (Å²) in [4.78, 5) is 16.6. The Morgan fingerprint density at radius 1 is 1.15 bits per heavy atom. The Morgan fingerprint density at radius 2 is 1.93 bits per heavy atom. The molecule has 0 aliphatic heterocycles. The zero-order valence-electron chi connectivity index (χ0n) is 15.2. The summed E-state index contributed by atoms with van der Waals surface area (Å²) in [6, 6.07) is 13.0. The fraction of sp³-hybridized carbons (Fsp3) is 0.211. The van der Waals surface area contributed by atoms with E-state index in [4.69, 9.17) is 14.0 Å². The number of amides is 1. The first kappa shape index (κ1) is 18.8. The molecule has 0 aliphatic rings. The van der Waals surface area contributed by atoms with Crippen LogP contribution >= 0.6 is 11.8 Å². The largest absolute Gasteiger partial charge is 0.497 e. The molecule has 0 saturated heterocycles. The predicted molar refractivity (Wildman–Crippen MR) is 103 cm³/mol. The maximum absolute atomic E-state index is 12.2. The second kappa shape index (κ2) is 8.59. The highest BCUT2D eigenvalue weighted by Gasteiger charge is 2.13. The average Bonchev–Trinajstić information content (AvgIpc) is 3.16. The third-order valence-electron chi connectivity index (χ3n) is 3.72. The maximum Gasteiger partial charge on any atom is 0.286 e. The van der Waals surface area contributed by atoms with Crippen molar-refractivity contribution in [3.8, 4) is 22.9 Å². The molecule has 0 bridgehead atoms. The summed E-state index contributed by atoms with van der Waals surface area (Å²) in [5.41, 5.74) is 2.55. The van der Waals surface area contributed by atoms with Gasteiger partial charge in [-0.15, -0.1) is 0 Å². The second-order valence-electron chi connectivity index (χ2n) is 5.65. The number of carbonyl (C=O) groups is 1. The van der Waals surface area contributed by atoms with Crippen LogP contribution in [0, 0.1) is 6.92 Å². The van der Waals surface area contributed by atoms with E-state index in [1.807, 2.05) is 31.2 Å². The van der Waals surface area contributed by atoms with Crippen LogP contribution in [0.2, 0.25) is 0 Å². The quantitative estimate of drug-likeness (QED) is 0.619. The second-order valence-corrected chi connectivity index (χ2v) is 6.58. The SMILES string of the molecule is COc1ccc(OC)c(NC(=O)CSc2nc(-c3ccc(C)cc3)no2)c1. The molecule has 1 amide bonds. The number of carbonyl (C=O) groups excluding carboxylic acids is 1. The minimum absolute atomic E-state index is 0.121. The molecule has 27 heavy (non-hydrogen) atoms. The van der Waals surface area contributed by atoms with Crippen LogP contribution in [0.4, 0.5) is 5.69 Å². The zero-order chi connectivity index (χ0) is 19.2. The number of benzene rings is 2. The van der Waals surface area contributed by atoms with E-state index in [0.29, 0.717) is 28.2 Å². The van der Waals surface area contributed by atoms with Crippen LogP contribution in [0.25, 0.3) is 11.4 Å². The monoisotopic (exact) mass is 385 g/mol. The van der Waals surface area contributed by atoms with Crippen molar-refractivity contribution >= 4 is 23.4 Å². The van der Waals surface area contributed by atoms with Gasteiger partial charge in [-0.2, -0.15) is 4.98 Å². The van der Waals surface area contributed by atoms with Crippen molar-refractivity contribution in [1.82, 2.24) is 10.1 Å². The van der Waals surface area contributed by atoms with Crippen molar-refractivity contribution in [2.45, 2.75) is 12.1 Å². The number of ether oxygens (including phenoxy) is 2. The molecule has 0 atom stereocenters. The number of anilines is 1. The molecule has 0 spiro atoms. The number of aromatic nitrogens is 2. The van der Waals surface area contributed by atoms with Crippen molar-refractivity contribution in [2.24, 2.45) is 0 Å². The van der Waals surface area contributed by atoms with E-state index in [2.05, 4.69) is 15.5 Å². The van der Waals surface area contributed by atoms with Gasteiger partial charge in [0.15, 0.2) is 0 Å². The lowest BCUT2D eigenvalue weighted by atomic mass is 10.1. The van der Waals surface area contributed by atoms with E-state index in [0.717, 1.165) is 11.1 Å². The molecular weight excluding hydrogens is 366 g/mol. The van der Waals surface area contributed by atoms with Crippen LogP contribution in [0.3, 0.4) is 0 Å². The van der Waals surface area contributed by atoms with Gasteiger partial charge in [0.2, 0.25) is 11.7 Å². The Balaban J connectivity index is 1.61. The Kier molecular flexibility index (Phi) is 5.97. The Bertz CT molecular complexity index is 925. The number of hydrogen-bond acceptors (Lipinski definition) is 7. The zero-order valence-corrected chi connectivity index (χ0v) is 16.0. The molecule has 7 nitrogen and oxygen atoms in total. The summed E-state index contributed by atoms with van der Waals surface area (Å²) in [6.07, 6.45) is 0. The summed E-state index contributed by atoms with van der Waals surface area (Å²) in [6.45, 7) is 2.01. The molecule has 1 N–H and O–H groups in total. The highest BCUT2D eigenvalue weighted by Crippen LogP contribution is 2.29. The van der Waals surface area contributed by atoms with E-state index in [9.17, 15) is 4.79 Å². The first-order valence-corrected chi connectivity index (χ1v) is 9.13. The highest BCUT2D eigenvalue weighted by atomic mass is 32.2. The van der Waals surface area contributed by atoms with Crippen LogP contribution in [-0.2, 0) is 4.79 Å². The summed E-state index contributed by atoms with van der Waals surface area (Å²) < 4.78 is 15.6. The molecule has 0 radical (unpaired) electrons. The number of methoxy groups -OCH3 is 2. The van der Waals surface area contributed by atoms with Gasteiger partial charge in [-0.3, -0.25) is 4.79 Å². The van der Waals surface area contributed by atoms with Gasteiger partial charge in [-0.1, -0.05) is 46.7 Å². The topological polar surface area (TPSA) is 86.5 Å². The van der Waals surface area contributed by atoms with Crippen molar-refractivity contribution in [1.29, 1.82) is 0 Å². The summed E-state index contributed by atoms with van der Waals surface area (Å²) in [5, 5.41) is 7.08.